The molecule has 0 aliphatic carbocycles. The Hall–Kier alpha value is -0.120. The van der Waals surface area contributed by atoms with Gasteiger partial charge in [-0.05, 0) is 134 Å². The predicted molar refractivity (Wildman–Crippen MR) is 128 cm³/mol. The number of piperidine rings is 1. The molecule has 0 N–H and O–H groups in total. The smallest absolute Gasteiger partial charge is 0.0125 e. The molecule has 3 rings (SSSR count). The highest BCUT2D eigenvalue weighted by atomic mass is 15.2. The van der Waals surface area contributed by atoms with Crippen LogP contribution in [-0.2, 0) is 0 Å². The number of rotatable bonds is 0. The van der Waals surface area contributed by atoms with E-state index in [4.69, 9.17) is 0 Å². The van der Waals surface area contributed by atoms with Crippen LogP contribution in [0, 0.1) is 0 Å². The van der Waals surface area contributed by atoms with Crippen molar-refractivity contribution in [1.29, 1.82) is 0 Å². The van der Waals surface area contributed by atoms with E-state index in [1.165, 1.54) is 77.8 Å². The molecule has 0 saturated carbocycles. The highest BCUT2D eigenvalue weighted by molar-refractivity contribution is 4.82. The molecule has 0 bridgehead atoms. The molecule has 3 heteroatoms. The van der Waals surface area contributed by atoms with Crippen molar-refractivity contribution in [3.63, 3.8) is 0 Å². The zero-order chi connectivity index (χ0) is 20.7. The molecular formula is C25H55N3. The first kappa shape index (κ1) is 27.9. The topological polar surface area (TPSA) is 9.72 Å². The zero-order valence-electron chi connectivity index (χ0n) is 20.3. The lowest BCUT2D eigenvalue weighted by molar-refractivity contribution is 0.0690. The van der Waals surface area contributed by atoms with Gasteiger partial charge in [0.1, 0.15) is 0 Å². The van der Waals surface area contributed by atoms with E-state index < -0.39 is 0 Å². The first-order chi connectivity index (χ1) is 12.3. The molecule has 0 atom stereocenters. The molecule has 3 saturated heterocycles. The Morgan fingerprint density at radius 2 is 0.571 bits per heavy atom. The summed E-state index contributed by atoms with van der Waals surface area (Å²) in [7, 11) is 0. The SMILES string of the molecule is C.CC(C)(C)N1CCC1.CC(C)(C)N1CCCC1.CC(C)(C)N1CCCCC1. The van der Waals surface area contributed by atoms with Crippen LogP contribution in [0.2, 0.25) is 0 Å². The van der Waals surface area contributed by atoms with Crippen molar-refractivity contribution >= 4 is 0 Å². The lowest BCUT2D eigenvalue weighted by atomic mass is 10.0. The third-order valence-corrected chi connectivity index (χ3v) is 6.16. The van der Waals surface area contributed by atoms with Gasteiger partial charge in [-0.2, -0.15) is 0 Å². The molecule has 0 spiro atoms. The van der Waals surface area contributed by atoms with Gasteiger partial charge in [0.05, 0.1) is 0 Å². The summed E-state index contributed by atoms with van der Waals surface area (Å²) < 4.78 is 0. The van der Waals surface area contributed by atoms with Gasteiger partial charge in [0, 0.05) is 16.6 Å². The number of nitrogens with zero attached hydrogens (tertiary/aromatic N) is 3. The van der Waals surface area contributed by atoms with Crippen LogP contribution in [0.4, 0.5) is 0 Å². The van der Waals surface area contributed by atoms with Crippen LogP contribution in [0.3, 0.4) is 0 Å². The van der Waals surface area contributed by atoms with Crippen LogP contribution in [0.1, 0.15) is 108 Å². The molecule has 3 fully saturated rings. The highest BCUT2D eigenvalue weighted by Gasteiger charge is 2.26. The highest BCUT2D eigenvalue weighted by Crippen LogP contribution is 2.20. The van der Waals surface area contributed by atoms with Gasteiger partial charge < -0.3 is 0 Å². The third kappa shape index (κ3) is 10.6. The summed E-state index contributed by atoms with van der Waals surface area (Å²) in [5.74, 6) is 0. The monoisotopic (exact) mass is 397 g/mol. The minimum absolute atomic E-state index is 0. The lowest BCUT2D eigenvalue weighted by Crippen LogP contribution is -2.49. The summed E-state index contributed by atoms with van der Waals surface area (Å²) in [6, 6.07) is 0. The Morgan fingerprint density at radius 1 is 0.357 bits per heavy atom. The van der Waals surface area contributed by atoms with Gasteiger partial charge in [0.2, 0.25) is 0 Å². The van der Waals surface area contributed by atoms with Crippen LogP contribution in [0.15, 0.2) is 0 Å². The fourth-order valence-electron chi connectivity index (χ4n) is 3.94. The van der Waals surface area contributed by atoms with Gasteiger partial charge >= 0.3 is 0 Å². The normalized spacial score (nSPS) is 22.2. The van der Waals surface area contributed by atoms with E-state index in [-0.39, 0.29) is 7.43 Å². The lowest BCUT2D eigenvalue weighted by Gasteiger charge is -2.42. The molecule has 28 heavy (non-hydrogen) atoms. The van der Waals surface area contributed by atoms with Crippen LogP contribution in [0.5, 0.6) is 0 Å². The second-order valence-electron chi connectivity index (χ2n) is 11.6. The average Bonchev–Trinajstić information content (AvgIpc) is 2.99. The van der Waals surface area contributed by atoms with Crippen molar-refractivity contribution in [2.24, 2.45) is 0 Å². The standard InChI is InChI=1S/C9H19N.C8H17N.C7H15N.CH4/c1-9(2,3)10-7-5-4-6-8-10;1-8(2,3)9-6-4-5-7-9;1-7(2,3)8-5-4-6-8;/h4-8H2,1-3H3;4-7H2,1-3H3;4-6H2,1-3H3;1H4. The quantitative estimate of drug-likeness (QED) is 0.476. The molecule has 3 aliphatic rings. The molecule has 0 amide bonds. The minimum Gasteiger partial charge on any atom is -0.298 e. The molecule has 0 unspecified atom stereocenters. The molecule has 0 aromatic heterocycles. The summed E-state index contributed by atoms with van der Waals surface area (Å²) in [6.45, 7) is 28.4. The second-order valence-corrected chi connectivity index (χ2v) is 11.6. The average molecular weight is 398 g/mol. The van der Waals surface area contributed by atoms with Crippen molar-refractivity contribution < 1.29 is 0 Å². The maximum absolute atomic E-state index is 2.58. The van der Waals surface area contributed by atoms with Gasteiger partial charge in [0.25, 0.3) is 0 Å². The zero-order valence-corrected chi connectivity index (χ0v) is 20.3. The van der Waals surface area contributed by atoms with Crippen molar-refractivity contribution in [3.05, 3.63) is 0 Å². The molecule has 170 valence electrons. The molecule has 0 aromatic carbocycles. The summed E-state index contributed by atoms with van der Waals surface area (Å²) in [5.41, 5.74) is 1.25. The van der Waals surface area contributed by atoms with E-state index >= 15 is 0 Å². The van der Waals surface area contributed by atoms with Crippen molar-refractivity contribution in [2.45, 2.75) is 125 Å². The first-order valence-corrected chi connectivity index (χ1v) is 11.6. The number of likely N-dealkylation sites (tertiary alicyclic amines) is 3. The molecule has 3 heterocycles. The van der Waals surface area contributed by atoms with E-state index in [9.17, 15) is 0 Å². The Morgan fingerprint density at radius 3 is 0.714 bits per heavy atom. The van der Waals surface area contributed by atoms with E-state index in [1.807, 2.05) is 0 Å². The van der Waals surface area contributed by atoms with Gasteiger partial charge in [-0.1, -0.05) is 13.8 Å². The summed E-state index contributed by atoms with van der Waals surface area (Å²) in [6.07, 6.45) is 8.44. The van der Waals surface area contributed by atoms with Gasteiger partial charge in [-0.25, -0.2) is 0 Å². The van der Waals surface area contributed by atoms with E-state index in [0.717, 1.165) is 0 Å². The third-order valence-electron chi connectivity index (χ3n) is 6.16. The van der Waals surface area contributed by atoms with Gasteiger partial charge in [-0.3, -0.25) is 14.7 Å². The Labute approximate surface area is 179 Å². The van der Waals surface area contributed by atoms with Crippen LogP contribution < -0.4 is 0 Å². The Kier molecular flexibility index (Phi) is 11.9. The number of hydrogen-bond donors (Lipinski definition) is 0. The van der Waals surface area contributed by atoms with Crippen LogP contribution in [-0.4, -0.2) is 70.6 Å². The van der Waals surface area contributed by atoms with E-state index in [2.05, 4.69) is 77.0 Å². The van der Waals surface area contributed by atoms with Crippen molar-refractivity contribution in [2.75, 3.05) is 39.3 Å². The Balaban J connectivity index is 0.000000386. The Bertz CT molecular complexity index is 381. The van der Waals surface area contributed by atoms with Gasteiger partial charge in [0.15, 0.2) is 0 Å². The summed E-state index contributed by atoms with van der Waals surface area (Å²) in [5, 5.41) is 0. The van der Waals surface area contributed by atoms with E-state index in [1.54, 1.807) is 0 Å². The second kappa shape index (κ2) is 11.9. The molecule has 3 aliphatic heterocycles. The first-order valence-electron chi connectivity index (χ1n) is 11.6. The fraction of sp³-hybridized carbons (Fsp3) is 1.00. The minimum atomic E-state index is 0. The predicted octanol–water partition coefficient (Wildman–Crippen LogP) is 6.28. The van der Waals surface area contributed by atoms with E-state index in [0.29, 0.717) is 16.6 Å². The maximum Gasteiger partial charge on any atom is 0.0125 e. The largest absolute Gasteiger partial charge is 0.298 e. The molecule has 3 nitrogen and oxygen atoms in total. The fourth-order valence-corrected chi connectivity index (χ4v) is 3.94. The molecule has 0 aromatic rings. The van der Waals surface area contributed by atoms with Crippen LogP contribution in [0.25, 0.3) is 0 Å². The van der Waals surface area contributed by atoms with Crippen LogP contribution >= 0.6 is 0 Å². The van der Waals surface area contributed by atoms with Gasteiger partial charge in [-0.15, -0.1) is 0 Å². The van der Waals surface area contributed by atoms with Crippen molar-refractivity contribution in [3.8, 4) is 0 Å². The molecular weight excluding hydrogens is 342 g/mol. The summed E-state index contributed by atoms with van der Waals surface area (Å²) in [4.78, 5) is 7.62. The van der Waals surface area contributed by atoms with Crippen molar-refractivity contribution in [1.82, 2.24) is 14.7 Å². The maximum atomic E-state index is 2.58. The number of hydrogen-bond acceptors (Lipinski definition) is 3. The summed E-state index contributed by atoms with van der Waals surface area (Å²) >= 11 is 0. The molecule has 0 radical (unpaired) electrons.